The Morgan fingerprint density at radius 2 is 1.76 bits per heavy atom. The number of nitrogens with zero attached hydrogens (tertiary/aromatic N) is 8. The van der Waals surface area contributed by atoms with E-state index in [1.807, 2.05) is 30.1 Å². The molecule has 9 nitrogen and oxygen atoms in total. The lowest BCUT2D eigenvalue weighted by molar-refractivity contribution is 0.257. The molecule has 4 aromatic rings. The first-order valence-electron chi connectivity index (χ1n) is 13.4. The molecule has 0 aromatic carbocycles. The summed E-state index contributed by atoms with van der Waals surface area (Å²) in [5.74, 6) is 2.22. The quantitative estimate of drug-likeness (QED) is 0.392. The minimum Gasteiger partial charge on any atom is -0.309 e. The molecule has 2 saturated heterocycles. The van der Waals surface area contributed by atoms with Gasteiger partial charge in [0.05, 0.1) is 11.9 Å². The third-order valence-electron chi connectivity index (χ3n) is 7.86. The second-order valence-electron chi connectivity index (χ2n) is 10.9. The van der Waals surface area contributed by atoms with Gasteiger partial charge in [-0.3, -0.25) is 9.58 Å². The zero-order valence-corrected chi connectivity index (χ0v) is 22.4. The molecule has 0 spiro atoms. The topological polar surface area (TPSA) is 87.9 Å². The Kier molecular flexibility index (Phi) is 6.53. The zero-order valence-electron chi connectivity index (χ0n) is 22.4. The van der Waals surface area contributed by atoms with Crippen molar-refractivity contribution in [2.24, 2.45) is 18.9 Å². The Morgan fingerprint density at radius 1 is 1.00 bits per heavy atom. The minimum atomic E-state index is -0.507. The normalized spacial score (nSPS) is 20.1. The molecule has 1 N–H and O–H groups in total. The summed E-state index contributed by atoms with van der Waals surface area (Å²) in [5, 5.41) is 8.50. The summed E-state index contributed by atoms with van der Waals surface area (Å²) in [6, 6.07) is 5.91. The number of aryl methyl sites for hydroxylation is 1. The SMILES string of the molecule is CCN1CC2CN(Cc3ccc(Nc4ncc(F)c(-c5cnc6nn(C)c(C(C)C)c6c5)n4)nc3)CC2C1. The van der Waals surface area contributed by atoms with Crippen LogP contribution in [0.25, 0.3) is 22.3 Å². The second-order valence-corrected chi connectivity index (χ2v) is 10.9. The van der Waals surface area contributed by atoms with Crippen LogP contribution in [0.5, 0.6) is 0 Å². The number of hydrogen-bond acceptors (Lipinski definition) is 8. The van der Waals surface area contributed by atoms with Gasteiger partial charge in [0.2, 0.25) is 5.95 Å². The Hall–Kier alpha value is -3.50. The predicted octanol–water partition coefficient (Wildman–Crippen LogP) is 4.21. The first-order chi connectivity index (χ1) is 18.4. The van der Waals surface area contributed by atoms with Gasteiger partial charge in [-0.1, -0.05) is 26.8 Å². The number of hydrogen-bond donors (Lipinski definition) is 1. The summed E-state index contributed by atoms with van der Waals surface area (Å²) >= 11 is 0. The van der Waals surface area contributed by atoms with E-state index in [9.17, 15) is 4.39 Å². The lowest BCUT2D eigenvalue weighted by atomic mass is 10.0. The van der Waals surface area contributed by atoms with E-state index in [1.54, 1.807) is 6.20 Å². The fourth-order valence-electron chi connectivity index (χ4n) is 6.08. The molecule has 10 heteroatoms. The maximum atomic E-state index is 14.8. The smallest absolute Gasteiger partial charge is 0.229 e. The van der Waals surface area contributed by atoms with Crippen molar-refractivity contribution in [3.8, 4) is 11.3 Å². The van der Waals surface area contributed by atoms with E-state index in [4.69, 9.17) is 0 Å². The highest BCUT2D eigenvalue weighted by atomic mass is 19.1. The van der Waals surface area contributed by atoms with Crippen LogP contribution in [0.4, 0.5) is 16.2 Å². The molecule has 2 aliphatic heterocycles. The lowest BCUT2D eigenvalue weighted by Gasteiger charge is -2.20. The summed E-state index contributed by atoms with van der Waals surface area (Å²) in [7, 11) is 1.90. The molecular weight excluding hydrogens is 481 g/mol. The molecule has 2 fully saturated rings. The fourth-order valence-corrected chi connectivity index (χ4v) is 6.08. The van der Waals surface area contributed by atoms with Crippen molar-refractivity contribution in [1.29, 1.82) is 0 Å². The molecule has 0 bridgehead atoms. The molecule has 6 rings (SSSR count). The van der Waals surface area contributed by atoms with Crippen molar-refractivity contribution in [2.75, 3.05) is 38.0 Å². The van der Waals surface area contributed by atoms with Gasteiger partial charge < -0.3 is 10.2 Å². The maximum Gasteiger partial charge on any atom is 0.229 e. The van der Waals surface area contributed by atoms with Crippen molar-refractivity contribution >= 4 is 22.8 Å². The molecule has 0 saturated carbocycles. The number of likely N-dealkylation sites (tertiary alicyclic amines) is 2. The second kappa shape index (κ2) is 9.99. The predicted molar refractivity (Wildman–Crippen MR) is 145 cm³/mol. The first-order valence-corrected chi connectivity index (χ1v) is 13.4. The van der Waals surface area contributed by atoms with Crippen molar-refractivity contribution < 1.29 is 4.39 Å². The molecule has 0 radical (unpaired) electrons. The number of aromatic nitrogens is 6. The van der Waals surface area contributed by atoms with Crippen molar-refractivity contribution in [2.45, 2.75) is 33.2 Å². The third kappa shape index (κ3) is 4.74. The summed E-state index contributed by atoms with van der Waals surface area (Å²) in [6.45, 7) is 13.3. The van der Waals surface area contributed by atoms with Gasteiger partial charge in [0.25, 0.3) is 0 Å². The van der Waals surface area contributed by atoms with Gasteiger partial charge in [0.1, 0.15) is 11.5 Å². The van der Waals surface area contributed by atoms with Crippen LogP contribution in [0.1, 0.15) is 37.9 Å². The standard InChI is InChI=1S/C28H34FN9/c1-5-37-13-20-15-38(16-21(20)14-37)12-18-6-7-24(30-9-18)33-28-32-11-23(29)25(34-28)19-8-22-26(17(2)3)36(4)35-27(22)31-10-19/h6-11,17,20-21H,5,12-16H2,1-4H3,(H,30,32,33,34). The molecule has 2 aliphatic rings. The summed E-state index contributed by atoms with van der Waals surface area (Å²) < 4.78 is 16.6. The number of pyridine rings is 2. The monoisotopic (exact) mass is 515 g/mol. The number of halogens is 1. The molecular formula is C28H34FN9. The van der Waals surface area contributed by atoms with E-state index >= 15 is 0 Å². The van der Waals surface area contributed by atoms with E-state index in [0.717, 1.165) is 49.1 Å². The number of rotatable bonds is 7. The Balaban J connectivity index is 1.15. The molecule has 2 unspecified atom stereocenters. The number of fused-ring (bicyclic) bond motifs is 2. The van der Waals surface area contributed by atoms with Gasteiger partial charge in [0, 0.05) is 63.1 Å². The number of nitrogens with one attached hydrogen (secondary N) is 1. The molecule has 0 amide bonds. The van der Waals surface area contributed by atoms with Gasteiger partial charge >= 0.3 is 0 Å². The van der Waals surface area contributed by atoms with Crippen molar-refractivity contribution in [3.63, 3.8) is 0 Å². The molecule has 4 aromatic heterocycles. The van der Waals surface area contributed by atoms with Crippen LogP contribution in [0.3, 0.4) is 0 Å². The van der Waals surface area contributed by atoms with Crippen LogP contribution in [-0.2, 0) is 13.6 Å². The maximum absolute atomic E-state index is 14.8. The highest BCUT2D eigenvalue weighted by Crippen LogP contribution is 2.32. The zero-order chi connectivity index (χ0) is 26.4. The van der Waals surface area contributed by atoms with Gasteiger partial charge in [-0.05, 0) is 42.0 Å². The van der Waals surface area contributed by atoms with Crippen LogP contribution in [0.15, 0.2) is 36.8 Å². The van der Waals surface area contributed by atoms with Crippen molar-refractivity contribution in [3.05, 3.63) is 53.9 Å². The summed E-state index contributed by atoms with van der Waals surface area (Å²) in [5.41, 5.74) is 3.63. The highest BCUT2D eigenvalue weighted by Gasteiger charge is 2.39. The van der Waals surface area contributed by atoms with Gasteiger partial charge in [-0.2, -0.15) is 5.10 Å². The van der Waals surface area contributed by atoms with E-state index in [-0.39, 0.29) is 17.6 Å². The van der Waals surface area contributed by atoms with Crippen LogP contribution in [0.2, 0.25) is 0 Å². The lowest BCUT2D eigenvalue weighted by Crippen LogP contribution is -2.28. The molecule has 0 aliphatic carbocycles. The molecule has 198 valence electrons. The van der Waals surface area contributed by atoms with Crippen LogP contribution >= 0.6 is 0 Å². The van der Waals surface area contributed by atoms with E-state index in [2.05, 4.69) is 67.0 Å². The Labute approximate surface area is 222 Å². The Bertz CT molecular complexity index is 1430. The average Bonchev–Trinajstić information content (AvgIpc) is 3.56. The third-order valence-corrected chi connectivity index (χ3v) is 7.86. The van der Waals surface area contributed by atoms with Crippen molar-refractivity contribution in [1.82, 2.24) is 39.5 Å². The van der Waals surface area contributed by atoms with E-state index in [0.29, 0.717) is 17.0 Å². The summed E-state index contributed by atoms with van der Waals surface area (Å²) in [6.07, 6.45) is 4.68. The molecule has 6 heterocycles. The molecule has 38 heavy (non-hydrogen) atoms. The van der Waals surface area contributed by atoms with Gasteiger partial charge in [0.15, 0.2) is 11.5 Å². The van der Waals surface area contributed by atoms with Gasteiger partial charge in [-0.25, -0.2) is 24.3 Å². The highest BCUT2D eigenvalue weighted by molar-refractivity contribution is 5.83. The largest absolute Gasteiger partial charge is 0.309 e. The first kappa shape index (κ1) is 24.8. The Morgan fingerprint density at radius 3 is 2.45 bits per heavy atom. The van der Waals surface area contributed by atoms with E-state index < -0.39 is 5.82 Å². The van der Waals surface area contributed by atoms with Crippen LogP contribution in [-0.4, -0.2) is 72.2 Å². The van der Waals surface area contributed by atoms with Gasteiger partial charge in [-0.15, -0.1) is 0 Å². The van der Waals surface area contributed by atoms with Crippen LogP contribution in [0, 0.1) is 17.7 Å². The molecule has 2 atom stereocenters. The van der Waals surface area contributed by atoms with E-state index in [1.165, 1.54) is 24.8 Å². The minimum absolute atomic E-state index is 0.188. The summed E-state index contributed by atoms with van der Waals surface area (Å²) in [4.78, 5) is 22.7. The fraction of sp³-hybridized carbons (Fsp3) is 0.464. The number of anilines is 2. The average molecular weight is 516 g/mol. The van der Waals surface area contributed by atoms with Crippen LogP contribution < -0.4 is 5.32 Å².